The summed E-state index contributed by atoms with van der Waals surface area (Å²) in [5.74, 6) is -0.807. The van der Waals surface area contributed by atoms with Gasteiger partial charge in [-0.1, -0.05) is 18.2 Å². The number of hydrogen-bond acceptors (Lipinski definition) is 6. The molecule has 1 fully saturated rings. The molecule has 1 aromatic heterocycles. The lowest BCUT2D eigenvalue weighted by Gasteiger charge is -2.39. The van der Waals surface area contributed by atoms with Gasteiger partial charge in [0, 0.05) is 29.9 Å². The number of aromatic nitrogens is 1. The van der Waals surface area contributed by atoms with E-state index in [0.717, 1.165) is 10.9 Å². The van der Waals surface area contributed by atoms with Crippen molar-refractivity contribution >= 4 is 22.7 Å². The van der Waals surface area contributed by atoms with Crippen LogP contribution in [0.15, 0.2) is 42.5 Å². The molecule has 37 heavy (non-hydrogen) atoms. The van der Waals surface area contributed by atoms with Gasteiger partial charge in [-0.05, 0) is 54.7 Å². The topological polar surface area (TPSA) is 130 Å². The lowest BCUT2D eigenvalue weighted by molar-refractivity contribution is -0.134. The fourth-order valence-corrected chi connectivity index (χ4v) is 5.39. The summed E-state index contributed by atoms with van der Waals surface area (Å²) < 4.78 is 20.1. The highest BCUT2D eigenvalue weighted by atomic mass is 19.1. The Hall–Kier alpha value is -3.94. The molecule has 0 saturated carbocycles. The van der Waals surface area contributed by atoms with E-state index in [1.54, 1.807) is 24.1 Å². The van der Waals surface area contributed by atoms with Crippen LogP contribution >= 0.6 is 0 Å². The predicted molar refractivity (Wildman–Crippen MR) is 133 cm³/mol. The summed E-state index contributed by atoms with van der Waals surface area (Å²) >= 11 is 0. The van der Waals surface area contributed by atoms with Gasteiger partial charge in [0.2, 0.25) is 11.8 Å². The van der Waals surface area contributed by atoms with E-state index in [0.29, 0.717) is 42.0 Å². The molecule has 2 aliphatic rings. The van der Waals surface area contributed by atoms with Crippen LogP contribution in [0.3, 0.4) is 0 Å². The van der Waals surface area contributed by atoms with Crippen molar-refractivity contribution in [2.45, 2.75) is 37.6 Å². The van der Waals surface area contributed by atoms with Crippen molar-refractivity contribution in [1.82, 2.24) is 20.5 Å². The summed E-state index contributed by atoms with van der Waals surface area (Å²) in [5, 5.41) is 27.4. The second-order valence-electron chi connectivity index (χ2n) is 9.42. The van der Waals surface area contributed by atoms with Gasteiger partial charge in [-0.2, -0.15) is 5.26 Å². The maximum atomic E-state index is 14.7. The Morgan fingerprint density at radius 3 is 2.89 bits per heavy atom. The van der Waals surface area contributed by atoms with Gasteiger partial charge in [-0.15, -0.1) is 0 Å². The first kappa shape index (κ1) is 24.7. The number of aliphatic hydroxyl groups excluding tert-OH is 1. The van der Waals surface area contributed by atoms with E-state index in [-0.39, 0.29) is 24.8 Å². The molecule has 4 unspecified atom stereocenters. The van der Waals surface area contributed by atoms with Crippen LogP contribution in [0.5, 0.6) is 5.75 Å². The summed E-state index contributed by atoms with van der Waals surface area (Å²) in [6.07, 6.45) is -0.137. The monoisotopic (exact) mass is 505 g/mol. The molecule has 0 radical (unpaired) electrons. The molecule has 9 nitrogen and oxygen atoms in total. The van der Waals surface area contributed by atoms with Crippen molar-refractivity contribution in [2.24, 2.45) is 5.92 Å². The van der Waals surface area contributed by atoms with Gasteiger partial charge < -0.3 is 25.5 Å². The number of aliphatic hydroxyl groups is 1. The van der Waals surface area contributed by atoms with E-state index < -0.39 is 30.0 Å². The van der Waals surface area contributed by atoms with Gasteiger partial charge in [0.15, 0.2) is 0 Å². The highest BCUT2D eigenvalue weighted by molar-refractivity contribution is 5.87. The molecule has 3 heterocycles. The Bertz CT molecular complexity index is 1380. The minimum absolute atomic E-state index is 0.133. The van der Waals surface area contributed by atoms with E-state index in [1.807, 2.05) is 18.2 Å². The standard InChI is InChI=1S/C27H28FN5O4/c1-37-23-7-3-6-21-19(23)13-22(32-21)27(36)33-11-9-17-18(4-2-5-20(17)28)24(33)26(35)31-16(14-29)12-15-8-10-30-25(15)34/h2-7,13,15-16,24,27,32,36H,8-12H2,1H3,(H,30,34)(H,31,35). The fraction of sp³-hybridized carbons (Fsp3) is 0.370. The van der Waals surface area contributed by atoms with Crippen molar-refractivity contribution in [3.05, 3.63) is 65.1 Å². The molecule has 2 amide bonds. The summed E-state index contributed by atoms with van der Waals surface area (Å²) in [5.41, 5.74) is 2.06. The van der Waals surface area contributed by atoms with Crippen molar-refractivity contribution < 1.29 is 23.8 Å². The van der Waals surface area contributed by atoms with Crippen molar-refractivity contribution in [1.29, 1.82) is 5.26 Å². The zero-order valence-corrected chi connectivity index (χ0v) is 20.3. The first-order valence-corrected chi connectivity index (χ1v) is 12.3. The number of aromatic amines is 1. The summed E-state index contributed by atoms with van der Waals surface area (Å²) in [4.78, 5) is 30.4. The molecule has 192 valence electrons. The number of halogens is 1. The number of hydrogen-bond donors (Lipinski definition) is 4. The van der Waals surface area contributed by atoms with Crippen molar-refractivity contribution in [3.63, 3.8) is 0 Å². The number of fused-ring (bicyclic) bond motifs is 2. The zero-order chi connectivity index (χ0) is 26.1. The number of ether oxygens (including phenoxy) is 1. The van der Waals surface area contributed by atoms with E-state index in [1.165, 1.54) is 12.1 Å². The first-order chi connectivity index (χ1) is 17.9. The van der Waals surface area contributed by atoms with E-state index >= 15 is 0 Å². The van der Waals surface area contributed by atoms with Gasteiger partial charge >= 0.3 is 0 Å². The maximum absolute atomic E-state index is 14.7. The van der Waals surface area contributed by atoms with Crippen LogP contribution in [-0.2, 0) is 16.0 Å². The molecule has 4 N–H and O–H groups in total. The number of benzene rings is 2. The largest absolute Gasteiger partial charge is 0.496 e. The molecular formula is C27H28FN5O4. The molecule has 0 spiro atoms. The second-order valence-corrected chi connectivity index (χ2v) is 9.42. The Labute approximate surface area is 213 Å². The average Bonchev–Trinajstić information content (AvgIpc) is 3.53. The van der Waals surface area contributed by atoms with E-state index in [4.69, 9.17) is 4.74 Å². The molecule has 0 bridgehead atoms. The molecule has 0 aliphatic carbocycles. The molecule has 2 aliphatic heterocycles. The van der Waals surface area contributed by atoms with Crippen LogP contribution in [0.1, 0.15) is 41.9 Å². The SMILES string of the molecule is COc1cccc2[nH]c(C(O)N3CCc4c(F)cccc4C3C(=O)NC(C#N)CC3CCNC3=O)cc12. The number of carbonyl (C=O) groups excluding carboxylic acids is 2. The van der Waals surface area contributed by atoms with Crippen LogP contribution in [0.4, 0.5) is 4.39 Å². The highest BCUT2D eigenvalue weighted by Crippen LogP contribution is 2.38. The van der Waals surface area contributed by atoms with Crippen molar-refractivity contribution in [2.75, 3.05) is 20.2 Å². The number of methoxy groups -OCH3 is 1. The maximum Gasteiger partial charge on any atom is 0.243 e. The van der Waals surface area contributed by atoms with E-state index in [9.17, 15) is 24.3 Å². The predicted octanol–water partition coefficient (Wildman–Crippen LogP) is 2.44. The van der Waals surface area contributed by atoms with Gasteiger partial charge in [-0.25, -0.2) is 4.39 Å². The lowest BCUT2D eigenvalue weighted by Crippen LogP contribution is -2.48. The number of rotatable bonds is 7. The molecular weight excluding hydrogens is 477 g/mol. The quantitative estimate of drug-likeness (QED) is 0.390. The average molecular weight is 506 g/mol. The number of carbonyl (C=O) groups is 2. The van der Waals surface area contributed by atoms with Crippen molar-refractivity contribution in [3.8, 4) is 11.8 Å². The van der Waals surface area contributed by atoms with Crippen LogP contribution in [-0.4, -0.2) is 53.0 Å². The molecule has 4 atom stereocenters. The summed E-state index contributed by atoms with van der Waals surface area (Å²) in [6.45, 7) is 0.752. The number of nitrogens with zero attached hydrogens (tertiary/aromatic N) is 2. The van der Waals surface area contributed by atoms with E-state index in [2.05, 4.69) is 21.7 Å². The Balaban J connectivity index is 1.46. The van der Waals surface area contributed by atoms with Crippen LogP contribution in [0, 0.1) is 23.1 Å². The summed E-state index contributed by atoms with van der Waals surface area (Å²) in [7, 11) is 1.56. The summed E-state index contributed by atoms with van der Waals surface area (Å²) in [6, 6.07) is 11.9. The van der Waals surface area contributed by atoms with Gasteiger partial charge in [-0.3, -0.25) is 14.5 Å². The zero-order valence-electron chi connectivity index (χ0n) is 20.3. The third kappa shape index (κ3) is 4.63. The third-order valence-electron chi connectivity index (χ3n) is 7.26. The normalized spacial score (nSPS) is 21.1. The molecule has 3 aromatic rings. The number of nitrogens with one attached hydrogen (secondary N) is 3. The number of amides is 2. The second kappa shape index (κ2) is 10.2. The number of H-pyrrole nitrogens is 1. The third-order valence-corrected chi connectivity index (χ3v) is 7.26. The van der Waals surface area contributed by atoms with Crippen LogP contribution in [0.25, 0.3) is 10.9 Å². The first-order valence-electron chi connectivity index (χ1n) is 12.3. The molecule has 1 saturated heterocycles. The molecule has 10 heteroatoms. The molecule has 2 aromatic carbocycles. The van der Waals surface area contributed by atoms with Gasteiger partial charge in [0.1, 0.15) is 29.9 Å². The van der Waals surface area contributed by atoms with Crippen LogP contribution in [0.2, 0.25) is 0 Å². The fourth-order valence-electron chi connectivity index (χ4n) is 5.39. The minimum Gasteiger partial charge on any atom is -0.496 e. The Kier molecular flexibility index (Phi) is 6.82. The number of nitriles is 1. The lowest BCUT2D eigenvalue weighted by atomic mass is 9.90. The minimum atomic E-state index is -1.22. The van der Waals surface area contributed by atoms with Gasteiger partial charge in [0.25, 0.3) is 0 Å². The highest BCUT2D eigenvalue weighted by Gasteiger charge is 2.39. The Morgan fingerprint density at radius 1 is 1.35 bits per heavy atom. The Morgan fingerprint density at radius 2 is 2.16 bits per heavy atom. The van der Waals surface area contributed by atoms with Crippen LogP contribution < -0.4 is 15.4 Å². The smallest absolute Gasteiger partial charge is 0.243 e. The van der Waals surface area contributed by atoms with Gasteiger partial charge in [0.05, 0.1) is 18.9 Å². The molecule has 5 rings (SSSR count).